The fourth-order valence-electron chi connectivity index (χ4n) is 1.21. The Kier molecular flexibility index (Phi) is 2.79. The molecule has 0 saturated carbocycles. The van der Waals surface area contributed by atoms with Crippen LogP contribution in [0.2, 0.25) is 0 Å². The van der Waals surface area contributed by atoms with Gasteiger partial charge in [-0.3, -0.25) is 0 Å². The van der Waals surface area contributed by atoms with Crippen LogP contribution in [0.25, 0.3) is 0 Å². The van der Waals surface area contributed by atoms with Gasteiger partial charge in [-0.2, -0.15) is 0 Å². The van der Waals surface area contributed by atoms with Crippen molar-refractivity contribution in [2.24, 2.45) is 0 Å². The van der Waals surface area contributed by atoms with Gasteiger partial charge in [-0.05, 0) is 24.3 Å². The maximum Gasteiger partial charge on any atom is 0.328 e. The number of carboxylic acid groups (broad SMARTS) is 1. The lowest BCUT2D eigenvalue weighted by Gasteiger charge is -1.94. The number of hydrogen-bond acceptors (Lipinski definition) is 3. The first-order chi connectivity index (χ1) is 7.75. The molecule has 16 heavy (non-hydrogen) atoms. The first kappa shape index (κ1) is 10.1. The summed E-state index contributed by atoms with van der Waals surface area (Å²) in [6.07, 6.45) is 2.27. The predicted octanol–water partition coefficient (Wildman–Crippen LogP) is 1.41. The van der Waals surface area contributed by atoms with Crippen molar-refractivity contribution >= 4 is 5.97 Å². The van der Waals surface area contributed by atoms with Crippen LogP contribution in [-0.2, 0) is 4.79 Å². The largest absolute Gasteiger partial charge is 0.478 e. The highest BCUT2D eigenvalue weighted by Crippen LogP contribution is 2.32. The van der Waals surface area contributed by atoms with Gasteiger partial charge in [0.2, 0.25) is 6.79 Å². The number of benzene rings is 1. The highest BCUT2D eigenvalue weighted by atomic mass is 16.7. The first-order valence-electron chi connectivity index (χ1n) is 4.56. The van der Waals surface area contributed by atoms with Gasteiger partial charge in [-0.1, -0.05) is 11.8 Å². The quantitative estimate of drug-likeness (QED) is 0.569. The van der Waals surface area contributed by atoms with Crippen LogP contribution in [0.5, 0.6) is 11.5 Å². The van der Waals surface area contributed by atoms with Gasteiger partial charge in [0.1, 0.15) is 0 Å². The molecule has 1 aliphatic rings. The molecule has 4 nitrogen and oxygen atoms in total. The van der Waals surface area contributed by atoms with Crippen LogP contribution in [0.4, 0.5) is 0 Å². The summed E-state index contributed by atoms with van der Waals surface area (Å²) in [5.74, 6) is 5.76. The van der Waals surface area contributed by atoms with Gasteiger partial charge < -0.3 is 14.6 Å². The molecule has 0 bridgehead atoms. The smallest absolute Gasteiger partial charge is 0.328 e. The van der Waals surface area contributed by atoms with Gasteiger partial charge in [0, 0.05) is 11.6 Å². The average molecular weight is 216 g/mol. The molecule has 0 atom stereocenters. The highest BCUT2D eigenvalue weighted by Gasteiger charge is 2.12. The van der Waals surface area contributed by atoms with Crippen molar-refractivity contribution in [3.8, 4) is 23.3 Å². The van der Waals surface area contributed by atoms with Crippen LogP contribution < -0.4 is 9.47 Å². The SMILES string of the molecule is O=C(O)C=CC#Cc1ccc2c(c1)OCO2. The zero-order chi connectivity index (χ0) is 11.4. The Morgan fingerprint density at radius 2 is 2.19 bits per heavy atom. The van der Waals surface area contributed by atoms with Crippen molar-refractivity contribution < 1.29 is 19.4 Å². The molecule has 0 amide bonds. The number of rotatable bonds is 1. The third kappa shape index (κ3) is 2.34. The molecule has 2 rings (SSSR count). The molecule has 80 valence electrons. The Labute approximate surface area is 92.1 Å². The summed E-state index contributed by atoms with van der Waals surface area (Å²) in [6, 6.07) is 5.31. The van der Waals surface area contributed by atoms with E-state index in [0.717, 1.165) is 11.6 Å². The highest BCUT2D eigenvalue weighted by molar-refractivity contribution is 5.80. The Bertz CT molecular complexity index is 505. The molecule has 1 aromatic rings. The Morgan fingerprint density at radius 3 is 3.00 bits per heavy atom. The first-order valence-corrected chi connectivity index (χ1v) is 4.56. The summed E-state index contributed by atoms with van der Waals surface area (Å²) in [4.78, 5) is 10.2. The zero-order valence-electron chi connectivity index (χ0n) is 8.27. The fraction of sp³-hybridized carbons (Fsp3) is 0.0833. The molecule has 0 fully saturated rings. The van der Waals surface area contributed by atoms with Crippen LogP contribution in [0, 0.1) is 11.8 Å². The number of allylic oxidation sites excluding steroid dienone is 1. The van der Waals surface area contributed by atoms with E-state index in [1.807, 2.05) is 0 Å². The number of aliphatic carboxylic acids is 1. The number of fused-ring (bicyclic) bond motifs is 1. The molecule has 1 aliphatic heterocycles. The van der Waals surface area contributed by atoms with Gasteiger partial charge in [0.25, 0.3) is 0 Å². The summed E-state index contributed by atoms with van der Waals surface area (Å²) in [5.41, 5.74) is 0.749. The van der Waals surface area contributed by atoms with Crippen molar-refractivity contribution in [2.45, 2.75) is 0 Å². The van der Waals surface area contributed by atoms with E-state index < -0.39 is 5.97 Å². The Balaban J connectivity index is 2.13. The van der Waals surface area contributed by atoms with E-state index in [1.165, 1.54) is 6.08 Å². The number of carboxylic acids is 1. The van der Waals surface area contributed by atoms with E-state index in [-0.39, 0.29) is 6.79 Å². The Hall–Kier alpha value is -2.41. The van der Waals surface area contributed by atoms with E-state index in [4.69, 9.17) is 14.6 Å². The van der Waals surface area contributed by atoms with E-state index in [1.54, 1.807) is 18.2 Å². The third-order valence-corrected chi connectivity index (χ3v) is 1.90. The lowest BCUT2D eigenvalue weighted by atomic mass is 10.2. The molecule has 0 saturated heterocycles. The lowest BCUT2D eigenvalue weighted by molar-refractivity contribution is -0.131. The second-order valence-electron chi connectivity index (χ2n) is 3.01. The van der Waals surface area contributed by atoms with Crippen molar-refractivity contribution in [1.82, 2.24) is 0 Å². The Morgan fingerprint density at radius 1 is 1.38 bits per heavy atom. The molecule has 0 unspecified atom stereocenters. The minimum Gasteiger partial charge on any atom is -0.478 e. The summed E-state index contributed by atoms with van der Waals surface area (Å²) < 4.78 is 10.3. The molecular formula is C12H8O4. The molecular weight excluding hydrogens is 208 g/mol. The van der Waals surface area contributed by atoms with Crippen molar-refractivity contribution in [2.75, 3.05) is 6.79 Å². The maximum absolute atomic E-state index is 10.2. The second kappa shape index (κ2) is 4.41. The van der Waals surface area contributed by atoms with Gasteiger partial charge >= 0.3 is 5.97 Å². The average Bonchev–Trinajstić information content (AvgIpc) is 2.71. The molecule has 1 heterocycles. The summed E-state index contributed by atoms with van der Waals surface area (Å²) in [7, 11) is 0. The monoisotopic (exact) mass is 216 g/mol. The van der Waals surface area contributed by atoms with Crippen LogP contribution in [0.1, 0.15) is 5.56 Å². The number of ether oxygens (including phenoxy) is 2. The normalized spacial score (nSPS) is 12.2. The molecule has 0 aromatic heterocycles. The lowest BCUT2D eigenvalue weighted by Crippen LogP contribution is -1.92. The van der Waals surface area contributed by atoms with Crippen LogP contribution >= 0.6 is 0 Å². The van der Waals surface area contributed by atoms with E-state index in [9.17, 15) is 4.79 Å². The van der Waals surface area contributed by atoms with Gasteiger partial charge in [0.05, 0.1) is 0 Å². The zero-order valence-corrected chi connectivity index (χ0v) is 8.27. The van der Waals surface area contributed by atoms with Crippen molar-refractivity contribution in [3.05, 3.63) is 35.9 Å². The maximum atomic E-state index is 10.2. The summed E-state index contributed by atoms with van der Waals surface area (Å²) >= 11 is 0. The van der Waals surface area contributed by atoms with Crippen LogP contribution in [-0.4, -0.2) is 17.9 Å². The van der Waals surface area contributed by atoms with Gasteiger partial charge in [-0.15, -0.1) is 0 Å². The number of carbonyl (C=O) groups is 1. The van der Waals surface area contributed by atoms with E-state index in [2.05, 4.69) is 11.8 Å². The molecule has 0 radical (unpaired) electrons. The standard InChI is InChI=1S/C12H8O4/c13-12(14)4-2-1-3-9-5-6-10-11(7-9)16-8-15-10/h2,4-7H,8H2,(H,13,14). The molecule has 4 heteroatoms. The molecule has 0 aliphatic carbocycles. The minimum absolute atomic E-state index is 0.227. The van der Waals surface area contributed by atoms with Crippen LogP contribution in [0.15, 0.2) is 30.4 Å². The second-order valence-corrected chi connectivity index (χ2v) is 3.01. The van der Waals surface area contributed by atoms with E-state index in [0.29, 0.717) is 11.5 Å². The van der Waals surface area contributed by atoms with Crippen LogP contribution in [0.3, 0.4) is 0 Å². The van der Waals surface area contributed by atoms with Crippen molar-refractivity contribution in [1.29, 1.82) is 0 Å². The van der Waals surface area contributed by atoms with Crippen molar-refractivity contribution in [3.63, 3.8) is 0 Å². The predicted molar refractivity (Wildman–Crippen MR) is 56.2 cm³/mol. The third-order valence-electron chi connectivity index (χ3n) is 1.90. The molecule has 1 aromatic carbocycles. The number of hydrogen-bond donors (Lipinski definition) is 1. The van der Waals surface area contributed by atoms with E-state index >= 15 is 0 Å². The van der Waals surface area contributed by atoms with Gasteiger partial charge in [-0.25, -0.2) is 4.79 Å². The summed E-state index contributed by atoms with van der Waals surface area (Å²) in [5, 5.41) is 8.35. The minimum atomic E-state index is -1.01. The summed E-state index contributed by atoms with van der Waals surface area (Å²) in [6.45, 7) is 0.227. The topological polar surface area (TPSA) is 55.8 Å². The van der Waals surface area contributed by atoms with Gasteiger partial charge in [0.15, 0.2) is 11.5 Å². The molecule has 1 N–H and O–H groups in total. The molecule has 0 spiro atoms. The fourth-order valence-corrected chi connectivity index (χ4v) is 1.21.